The zero-order valence-corrected chi connectivity index (χ0v) is 20.2. The van der Waals surface area contributed by atoms with Gasteiger partial charge in [0.2, 0.25) is 10.0 Å². The summed E-state index contributed by atoms with van der Waals surface area (Å²) in [6, 6.07) is 21.4. The number of primary sulfonamides is 1. The maximum atomic E-state index is 13.8. The molecule has 0 radical (unpaired) electrons. The molecule has 0 saturated carbocycles. The fourth-order valence-corrected chi connectivity index (χ4v) is 4.78. The highest BCUT2D eigenvalue weighted by molar-refractivity contribution is 7.89. The SMILES string of the molecule is NS(=O)(=O)c1ccc(CCN[C@@H](C(=O)c2c[nH]c3cc(-n4ccnc4)ccc23)c2ccccc2)cc1. The van der Waals surface area contributed by atoms with Crippen LogP contribution in [-0.2, 0) is 16.4 Å². The minimum absolute atomic E-state index is 0.0348. The number of H-pyrrole nitrogens is 1. The first kappa shape index (κ1) is 23.7. The summed E-state index contributed by atoms with van der Waals surface area (Å²) >= 11 is 0. The minimum Gasteiger partial charge on any atom is -0.360 e. The molecule has 0 fully saturated rings. The number of carbonyl (C=O) groups excluding carboxylic acids is 1. The number of nitrogens with two attached hydrogens (primary N) is 1. The van der Waals surface area contributed by atoms with E-state index in [9.17, 15) is 13.2 Å². The monoisotopic (exact) mass is 499 g/mol. The Labute approximate surface area is 208 Å². The van der Waals surface area contributed by atoms with Crippen LogP contribution < -0.4 is 10.5 Å². The zero-order chi connectivity index (χ0) is 25.1. The van der Waals surface area contributed by atoms with Crippen molar-refractivity contribution in [3.8, 4) is 5.69 Å². The van der Waals surface area contributed by atoms with E-state index in [0.717, 1.165) is 27.7 Å². The number of carbonyl (C=O) groups is 1. The molecule has 0 amide bonds. The van der Waals surface area contributed by atoms with Crippen LogP contribution in [0.25, 0.3) is 16.6 Å². The number of imidazole rings is 1. The number of nitrogens with one attached hydrogen (secondary N) is 2. The van der Waals surface area contributed by atoms with Gasteiger partial charge in [-0.2, -0.15) is 0 Å². The number of hydrogen-bond donors (Lipinski definition) is 3. The summed E-state index contributed by atoms with van der Waals surface area (Å²) in [5, 5.41) is 9.43. The van der Waals surface area contributed by atoms with Crippen LogP contribution in [0.3, 0.4) is 0 Å². The van der Waals surface area contributed by atoms with Crippen LogP contribution in [0.15, 0.2) is 103 Å². The summed E-state index contributed by atoms with van der Waals surface area (Å²) in [5.74, 6) is -0.0348. The van der Waals surface area contributed by atoms with E-state index in [4.69, 9.17) is 5.14 Å². The lowest BCUT2D eigenvalue weighted by Gasteiger charge is -2.18. The summed E-state index contributed by atoms with van der Waals surface area (Å²) in [6.45, 7) is 0.521. The van der Waals surface area contributed by atoms with Crippen LogP contribution in [0, 0.1) is 0 Å². The van der Waals surface area contributed by atoms with Crippen LogP contribution in [-0.4, -0.2) is 35.3 Å². The van der Waals surface area contributed by atoms with Crippen molar-refractivity contribution in [3.63, 3.8) is 0 Å². The lowest BCUT2D eigenvalue weighted by Crippen LogP contribution is -2.30. The van der Waals surface area contributed by atoms with Gasteiger partial charge in [0.1, 0.15) is 0 Å². The molecule has 1 atom stereocenters. The van der Waals surface area contributed by atoms with Crippen LogP contribution in [0.5, 0.6) is 0 Å². The average molecular weight is 500 g/mol. The van der Waals surface area contributed by atoms with Gasteiger partial charge < -0.3 is 14.9 Å². The molecule has 0 spiro atoms. The van der Waals surface area contributed by atoms with Crippen molar-refractivity contribution in [3.05, 3.63) is 114 Å². The topological polar surface area (TPSA) is 123 Å². The number of aromatic amines is 1. The molecule has 4 N–H and O–H groups in total. The van der Waals surface area contributed by atoms with E-state index >= 15 is 0 Å². The highest BCUT2D eigenvalue weighted by Crippen LogP contribution is 2.26. The molecule has 3 aromatic carbocycles. The molecular formula is C27H25N5O3S. The number of benzene rings is 3. The Bertz CT molecular complexity index is 1590. The molecular weight excluding hydrogens is 474 g/mol. The standard InChI is InChI=1S/C27H25N5O3S/c28-36(34,35)22-9-6-19(7-10-22)12-13-30-26(20-4-2-1-3-5-20)27(33)24-17-31-25-16-21(8-11-23(24)25)32-15-14-29-18-32/h1-11,14-18,26,30-31H,12-13H2,(H2,28,34,35)/t26-/m1/s1. The maximum absolute atomic E-state index is 13.8. The first-order valence-electron chi connectivity index (χ1n) is 11.4. The van der Waals surface area contributed by atoms with Gasteiger partial charge in [0.25, 0.3) is 0 Å². The highest BCUT2D eigenvalue weighted by atomic mass is 32.2. The average Bonchev–Trinajstić information content (AvgIpc) is 3.57. The second kappa shape index (κ2) is 9.90. The third kappa shape index (κ3) is 4.99. The summed E-state index contributed by atoms with van der Waals surface area (Å²) < 4.78 is 24.9. The quantitative estimate of drug-likeness (QED) is 0.267. The fourth-order valence-electron chi connectivity index (χ4n) is 4.26. The molecule has 5 aromatic rings. The van der Waals surface area contributed by atoms with Crippen LogP contribution in [0.1, 0.15) is 27.5 Å². The van der Waals surface area contributed by atoms with E-state index in [-0.39, 0.29) is 10.7 Å². The minimum atomic E-state index is -3.73. The molecule has 2 aromatic heterocycles. The molecule has 0 aliphatic rings. The second-order valence-corrected chi connectivity index (χ2v) is 10.1. The number of ketones is 1. The Balaban J connectivity index is 1.37. The van der Waals surface area contributed by atoms with Gasteiger partial charge in [0.15, 0.2) is 5.78 Å². The normalized spacial score (nSPS) is 12.6. The molecule has 8 nitrogen and oxygen atoms in total. The number of hydrogen-bond acceptors (Lipinski definition) is 5. The maximum Gasteiger partial charge on any atom is 0.238 e. The first-order valence-corrected chi connectivity index (χ1v) is 13.0. The van der Waals surface area contributed by atoms with Crippen molar-refractivity contribution >= 4 is 26.7 Å². The summed E-state index contributed by atoms with van der Waals surface area (Å²) in [5.41, 5.74) is 4.24. The van der Waals surface area contributed by atoms with Gasteiger partial charge >= 0.3 is 0 Å². The number of nitrogens with zero attached hydrogens (tertiary/aromatic N) is 2. The van der Waals surface area contributed by atoms with Gasteiger partial charge in [-0.3, -0.25) is 4.79 Å². The Hall–Kier alpha value is -4.05. The Morgan fingerprint density at radius 2 is 1.83 bits per heavy atom. The molecule has 0 aliphatic heterocycles. The third-order valence-electron chi connectivity index (χ3n) is 6.14. The second-order valence-electron chi connectivity index (χ2n) is 8.50. The Kier molecular flexibility index (Phi) is 6.51. The molecule has 0 saturated heterocycles. The van der Waals surface area contributed by atoms with E-state index in [1.54, 1.807) is 30.9 Å². The van der Waals surface area contributed by atoms with Crippen molar-refractivity contribution in [1.29, 1.82) is 0 Å². The Morgan fingerprint density at radius 3 is 2.53 bits per heavy atom. The van der Waals surface area contributed by atoms with Gasteiger partial charge in [-0.15, -0.1) is 0 Å². The smallest absolute Gasteiger partial charge is 0.238 e. The predicted octanol–water partition coefficient (Wildman–Crippen LogP) is 3.76. The van der Waals surface area contributed by atoms with Crippen molar-refractivity contribution < 1.29 is 13.2 Å². The molecule has 0 unspecified atom stereocenters. The van der Waals surface area contributed by atoms with E-state index in [1.165, 1.54) is 12.1 Å². The number of sulfonamides is 1. The van der Waals surface area contributed by atoms with E-state index < -0.39 is 16.1 Å². The lowest BCUT2D eigenvalue weighted by atomic mass is 9.96. The molecule has 2 heterocycles. The van der Waals surface area contributed by atoms with Gasteiger partial charge in [-0.25, -0.2) is 18.5 Å². The van der Waals surface area contributed by atoms with Crippen molar-refractivity contribution in [2.75, 3.05) is 6.54 Å². The lowest BCUT2D eigenvalue weighted by molar-refractivity contribution is 0.0945. The molecule has 5 rings (SSSR count). The zero-order valence-electron chi connectivity index (χ0n) is 19.3. The Morgan fingerprint density at radius 1 is 1.06 bits per heavy atom. The van der Waals surface area contributed by atoms with Gasteiger partial charge in [0, 0.05) is 47.3 Å². The molecule has 36 heavy (non-hydrogen) atoms. The highest BCUT2D eigenvalue weighted by Gasteiger charge is 2.24. The van der Waals surface area contributed by atoms with Crippen molar-refractivity contribution in [2.45, 2.75) is 17.4 Å². The van der Waals surface area contributed by atoms with Crippen LogP contribution in [0.4, 0.5) is 0 Å². The van der Waals surface area contributed by atoms with Gasteiger partial charge in [0.05, 0.1) is 17.3 Å². The largest absolute Gasteiger partial charge is 0.360 e. The number of rotatable bonds is 9. The molecule has 0 bridgehead atoms. The van der Waals surface area contributed by atoms with E-state index in [2.05, 4.69) is 15.3 Å². The molecule has 0 aliphatic carbocycles. The molecule has 9 heteroatoms. The molecule has 182 valence electrons. The van der Waals surface area contributed by atoms with Crippen molar-refractivity contribution in [2.24, 2.45) is 5.14 Å². The van der Waals surface area contributed by atoms with E-state index in [0.29, 0.717) is 18.5 Å². The van der Waals surface area contributed by atoms with Gasteiger partial charge in [-0.05, 0) is 41.8 Å². The van der Waals surface area contributed by atoms with Crippen molar-refractivity contribution in [1.82, 2.24) is 19.9 Å². The van der Waals surface area contributed by atoms with Crippen LogP contribution >= 0.6 is 0 Å². The van der Waals surface area contributed by atoms with Gasteiger partial charge in [-0.1, -0.05) is 48.5 Å². The predicted molar refractivity (Wildman–Crippen MR) is 138 cm³/mol. The number of Topliss-reactive ketones (excluding diaryl/α,β-unsaturated/α-hetero) is 1. The van der Waals surface area contributed by atoms with Crippen LogP contribution in [0.2, 0.25) is 0 Å². The first-order chi connectivity index (χ1) is 17.4. The summed E-state index contributed by atoms with van der Waals surface area (Å²) in [4.78, 5) is 21.2. The summed E-state index contributed by atoms with van der Waals surface area (Å²) in [7, 11) is -3.73. The number of aromatic nitrogens is 3. The third-order valence-corrected chi connectivity index (χ3v) is 7.07. The fraction of sp³-hybridized carbons (Fsp3) is 0.111. The summed E-state index contributed by atoms with van der Waals surface area (Å²) in [6.07, 6.45) is 7.69. The van der Waals surface area contributed by atoms with E-state index in [1.807, 2.05) is 59.3 Å². The number of fused-ring (bicyclic) bond motifs is 1.